The number of thiazole rings is 1. The Hall–Kier alpha value is -1.43. The Labute approximate surface area is 117 Å². The maximum Gasteiger partial charge on any atom is 0.249 e. The predicted molar refractivity (Wildman–Crippen MR) is 73.7 cm³/mol. The molecule has 1 aliphatic rings. The fourth-order valence-electron chi connectivity index (χ4n) is 2.36. The highest BCUT2D eigenvalue weighted by Gasteiger charge is 2.44. The minimum absolute atomic E-state index is 0.0170. The molecule has 1 aromatic rings. The van der Waals surface area contributed by atoms with Crippen molar-refractivity contribution in [3.05, 3.63) is 16.6 Å². The summed E-state index contributed by atoms with van der Waals surface area (Å²) in [4.78, 5) is 30.4. The summed E-state index contributed by atoms with van der Waals surface area (Å²) >= 11 is 1.52. The molecule has 2 rings (SSSR count). The first-order valence-electron chi connectivity index (χ1n) is 6.53. The van der Waals surface area contributed by atoms with E-state index in [0.717, 1.165) is 11.4 Å². The van der Waals surface area contributed by atoms with Gasteiger partial charge < -0.3 is 10.2 Å². The van der Waals surface area contributed by atoms with Crippen LogP contribution in [-0.2, 0) is 9.59 Å². The molecule has 0 saturated carbocycles. The first-order valence-corrected chi connectivity index (χ1v) is 7.41. The van der Waals surface area contributed by atoms with Gasteiger partial charge in [0.1, 0.15) is 17.1 Å². The van der Waals surface area contributed by atoms with Crippen LogP contribution >= 0.6 is 11.3 Å². The van der Waals surface area contributed by atoms with Crippen molar-refractivity contribution in [2.24, 2.45) is 0 Å². The number of aromatic nitrogens is 1. The molecule has 0 aliphatic carbocycles. The van der Waals surface area contributed by atoms with Crippen LogP contribution in [0.25, 0.3) is 0 Å². The fraction of sp³-hybridized carbons (Fsp3) is 0.615. The molecule has 5 nitrogen and oxygen atoms in total. The zero-order valence-electron chi connectivity index (χ0n) is 11.5. The van der Waals surface area contributed by atoms with E-state index in [9.17, 15) is 9.59 Å². The zero-order valence-corrected chi connectivity index (χ0v) is 12.3. The smallest absolute Gasteiger partial charge is 0.249 e. The molecule has 2 heterocycles. The van der Waals surface area contributed by atoms with E-state index in [1.54, 1.807) is 18.0 Å². The molecule has 0 aromatic carbocycles. The molecule has 1 N–H and O–H groups in total. The molecule has 0 radical (unpaired) electrons. The zero-order chi connectivity index (χ0) is 14.0. The van der Waals surface area contributed by atoms with Crippen LogP contribution in [0.5, 0.6) is 0 Å². The van der Waals surface area contributed by atoms with Crippen LogP contribution in [0.3, 0.4) is 0 Å². The van der Waals surface area contributed by atoms with Crippen molar-refractivity contribution in [3.8, 4) is 0 Å². The van der Waals surface area contributed by atoms with E-state index >= 15 is 0 Å². The van der Waals surface area contributed by atoms with E-state index in [2.05, 4.69) is 10.3 Å². The third-order valence-electron chi connectivity index (χ3n) is 3.67. The lowest BCUT2D eigenvalue weighted by Gasteiger charge is -2.42. The summed E-state index contributed by atoms with van der Waals surface area (Å²) in [5, 5.41) is 5.59. The Morgan fingerprint density at radius 3 is 2.79 bits per heavy atom. The standard InChI is InChI=1S/C13H19N3O2S/c1-4-9(11-14-6-7-19-11)16-8-10(17)15-13(3,5-2)12(16)18/h6-7,9H,4-5,8H2,1-3H3,(H,15,17). The average molecular weight is 281 g/mol. The average Bonchev–Trinajstić information content (AvgIpc) is 2.90. The normalized spacial score (nSPS) is 25.3. The Bertz CT molecular complexity index is 474. The molecular formula is C13H19N3O2S. The summed E-state index contributed by atoms with van der Waals surface area (Å²) in [5.41, 5.74) is -0.792. The van der Waals surface area contributed by atoms with Gasteiger partial charge in [0.15, 0.2) is 0 Å². The van der Waals surface area contributed by atoms with E-state index in [4.69, 9.17) is 0 Å². The van der Waals surface area contributed by atoms with E-state index in [-0.39, 0.29) is 24.4 Å². The topological polar surface area (TPSA) is 62.3 Å². The number of hydrogen-bond acceptors (Lipinski definition) is 4. The Balaban J connectivity index is 2.31. The number of nitrogens with one attached hydrogen (secondary N) is 1. The van der Waals surface area contributed by atoms with Crippen molar-refractivity contribution in [1.82, 2.24) is 15.2 Å². The number of nitrogens with zero attached hydrogens (tertiary/aromatic N) is 2. The van der Waals surface area contributed by atoms with Gasteiger partial charge >= 0.3 is 0 Å². The molecule has 1 fully saturated rings. The summed E-state index contributed by atoms with van der Waals surface area (Å²) < 4.78 is 0. The molecule has 19 heavy (non-hydrogen) atoms. The molecule has 0 spiro atoms. The molecular weight excluding hydrogens is 262 g/mol. The van der Waals surface area contributed by atoms with Gasteiger partial charge in [-0.3, -0.25) is 9.59 Å². The minimum Gasteiger partial charge on any atom is -0.340 e. The Kier molecular flexibility index (Phi) is 3.89. The summed E-state index contributed by atoms with van der Waals surface area (Å²) in [6.07, 6.45) is 3.07. The van der Waals surface area contributed by atoms with Gasteiger partial charge in [-0.1, -0.05) is 13.8 Å². The Morgan fingerprint density at radius 1 is 1.53 bits per heavy atom. The summed E-state index contributed by atoms with van der Waals surface area (Å²) in [6, 6.07) is -0.107. The molecule has 2 unspecified atom stereocenters. The third kappa shape index (κ3) is 2.49. The highest BCUT2D eigenvalue weighted by molar-refractivity contribution is 7.09. The lowest BCUT2D eigenvalue weighted by atomic mass is 9.93. The fourth-order valence-corrected chi connectivity index (χ4v) is 3.20. The molecule has 0 bridgehead atoms. The van der Waals surface area contributed by atoms with Gasteiger partial charge in [-0.15, -0.1) is 11.3 Å². The van der Waals surface area contributed by atoms with Crippen LogP contribution in [0, 0.1) is 0 Å². The van der Waals surface area contributed by atoms with Gasteiger partial charge in [-0.25, -0.2) is 4.98 Å². The molecule has 1 aromatic heterocycles. The highest BCUT2D eigenvalue weighted by atomic mass is 32.1. The number of rotatable bonds is 4. The number of amides is 2. The highest BCUT2D eigenvalue weighted by Crippen LogP contribution is 2.30. The number of piperazine rings is 1. The quantitative estimate of drug-likeness (QED) is 0.914. The van der Waals surface area contributed by atoms with Gasteiger partial charge in [0.2, 0.25) is 11.8 Å². The van der Waals surface area contributed by atoms with Crippen molar-refractivity contribution < 1.29 is 9.59 Å². The number of hydrogen-bond donors (Lipinski definition) is 1. The first kappa shape index (κ1) is 14.0. The van der Waals surface area contributed by atoms with Gasteiger partial charge in [-0.2, -0.15) is 0 Å². The molecule has 104 valence electrons. The van der Waals surface area contributed by atoms with Crippen LogP contribution in [0.1, 0.15) is 44.7 Å². The number of carbonyl (C=O) groups excluding carboxylic acids is 2. The number of carbonyl (C=O) groups is 2. The second kappa shape index (κ2) is 5.28. The minimum atomic E-state index is -0.792. The molecule has 1 saturated heterocycles. The monoisotopic (exact) mass is 281 g/mol. The first-order chi connectivity index (χ1) is 9.01. The van der Waals surface area contributed by atoms with Gasteiger partial charge in [0.25, 0.3) is 0 Å². The van der Waals surface area contributed by atoms with Crippen molar-refractivity contribution in [2.45, 2.75) is 45.2 Å². The Morgan fingerprint density at radius 2 is 2.26 bits per heavy atom. The lowest BCUT2D eigenvalue weighted by molar-refractivity contribution is -0.152. The second-order valence-electron chi connectivity index (χ2n) is 4.96. The van der Waals surface area contributed by atoms with Crippen LogP contribution in [0.4, 0.5) is 0 Å². The van der Waals surface area contributed by atoms with Crippen LogP contribution in [0.2, 0.25) is 0 Å². The summed E-state index contributed by atoms with van der Waals surface area (Å²) in [7, 11) is 0. The lowest BCUT2D eigenvalue weighted by Crippen LogP contribution is -2.65. The maximum absolute atomic E-state index is 12.6. The van der Waals surface area contributed by atoms with E-state index < -0.39 is 5.54 Å². The van der Waals surface area contributed by atoms with Crippen molar-refractivity contribution in [3.63, 3.8) is 0 Å². The predicted octanol–water partition coefficient (Wildman–Crippen LogP) is 1.72. The summed E-state index contributed by atoms with van der Waals surface area (Å²) in [6.45, 7) is 5.82. The van der Waals surface area contributed by atoms with E-state index in [0.29, 0.717) is 6.42 Å². The van der Waals surface area contributed by atoms with Crippen molar-refractivity contribution in [1.29, 1.82) is 0 Å². The van der Waals surface area contributed by atoms with Crippen molar-refractivity contribution in [2.75, 3.05) is 6.54 Å². The summed E-state index contributed by atoms with van der Waals surface area (Å²) in [5.74, 6) is -0.115. The van der Waals surface area contributed by atoms with Gasteiger partial charge in [-0.05, 0) is 19.8 Å². The molecule has 2 amide bonds. The molecule has 1 aliphatic heterocycles. The van der Waals surface area contributed by atoms with Crippen LogP contribution < -0.4 is 5.32 Å². The van der Waals surface area contributed by atoms with E-state index in [1.165, 1.54) is 11.3 Å². The van der Waals surface area contributed by atoms with Gasteiger partial charge in [0.05, 0.1) is 6.04 Å². The van der Waals surface area contributed by atoms with Crippen LogP contribution in [-0.4, -0.2) is 33.8 Å². The van der Waals surface area contributed by atoms with Crippen LogP contribution in [0.15, 0.2) is 11.6 Å². The van der Waals surface area contributed by atoms with Crippen molar-refractivity contribution >= 4 is 23.2 Å². The van der Waals surface area contributed by atoms with E-state index in [1.807, 2.05) is 19.2 Å². The third-order valence-corrected chi connectivity index (χ3v) is 4.55. The maximum atomic E-state index is 12.6. The largest absolute Gasteiger partial charge is 0.340 e. The molecule has 2 atom stereocenters. The molecule has 6 heteroatoms. The SMILES string of the molecule is CCC(c1nccs1)N1CC(=O)NC(C)(CC)C1=O. The second-order valence-corrected chi connectivity index (χ2v) is 5.89. The van der Waals surface area contributed by atoms with Gasteiger partial charge in [0, 0.05) is 11.6 Å².